The van der Waals surface area contributed by atoms with Crippen molar-refractivity contribution in [2.45, 2.75) is 18.6 Å². The van der Waals surface area contributed by atoms with Gasteiger partial charge in [-0.2, -0.15) is 10.4 Å². The quantitative estimate of drug-likeness (QED) is 0.717. The van der Waals surface area contributed by atoms with Gasteiger partial charge in [0.1, 0.15) is 17.6 Å². The molecule has 1 fully saturated rings. The first kappa shape index (κ1) is 17.3. The van der Waals surface area contributed by atoms with Crippen LogP contribution in [0.3, 0.4) is 0 Å². The number of nitriles is 1. The van der Waals surface area contributed by atoms with Crippen molar-refractivity contribution < 1.29 is 9.84 Å². The number of hydrogen-bond donors (Lipinski definition) is 2. The van der Waals surface area contributed by atoms with Gasteiger partial charge in [0, 0.05) is 36.5 Å². The number of ether oxygens (including phenoxy) is 1. The van der Waals surface area contributed by atoms with Crippen molar-refractivity contribution in [1.82, 2.24) is 14.6 Å². The highest BCUT2D eigenvalue weighted by atomic mass is 16.5. The van der Waals surface area contributed by atoms with Gasteiger partial charge in [0.15, 0.2) is 0 Å². The van der Waals surface area contributed by atoms with Gasteiger partial charge in [0.2, 0.25) is 0 Å². The molecule has 3 aromatic heterocycles. The minimum Gasteiger partial charge on any atom is -0.495 e. The highest BCUT2D eigenvalue weighted by Crippen LogP contribution is 2.31. The third-order valence-electron chi connectivity index (χ3n) is 4.96. The van der Waals surface area contributed by atoms with Crippen LogP contribution in [0.15, 0.2) is 36.8 Å². The maximum atomic E-state index is 10.0. The lowest BCUT2D eigenvalue weighted by atomic mass is 10.0. The number of β-amino-alcohol motifs (C(OH)–C–C–N with tert-alkyl or cyclic N) is 1. The Hall–Kier alpha value is -3.15. The van der Waals surface area contributed by atoms with Gasteiger partial charge in [-0.3, -0.25) is 0 Å². The summed E-state index contributed by atoms with van der Waals surface area (Å²) >= 11 is 0. The molecule has 27 heavy (non-hydrogen) atoms. The number of nitrogens with two attached hydrogens (primary N) is 1. The fourth-order valence-electron chi connectivity index (χ4n) is 3.40. The molecule has 1 aliphatic rings. The monoisotopic (exact) mass is 364 g/mol. The van der Waals surface area contributed by atoms with Crippen molar-refractivity contribution in [2.75, 3.05) is 25.1 Å². The first-order valence-electron chi connectivity index (χ1n) is 8.71. The van der Waals surface area contributed by atoms with E-state index in [2.05, 4.69) is 16.2 Å². The molecule has 4 rings (SSSR count). The van der Waals surface area contributed by atoms with Crippen molar-refractivity contribution in [2.24, 2.45) is 5.73 Å². The zero-order valence-electron chi connectivity index (χ0n) is 14.9. The van der Waals surface area contributed by atoms with Gasteiger partial charge in [0.25, 0.3) is 0 Å². The highest BCUT2D eigenvalue weighted by Gasteiger charge is 2.25. The standard InChI is InChI=1S/C19H20N6O2/c1-27-14-6-15(19-13(7-20)9-23-25(19)10-14)12-2-3-18(22-8-12)24-5-4-16(21)17(26)11-24/h2-3,6,8-10,16-17,26H,4-5,11,21H2,1H3/t16-,17-/m0/s1. The number of fused-ring (bicyclic) bond motifs is 1. The van der Waals surface area contributed by atoms with E-state index in [9.17, 15) is 10.4 Å². The summed E-state index contributed by atoms with van der Waals surface area (Å²) in [4.78, 5) is 6.59. The number of aromatic nitrogens is 3. The third-order valence-corrected chi connectivity index (χ3v) is 4.96. The van der Waals surface area contributed by atoms with Crippen LogP contribution in [-0.2, 0) is 0 Å². The number of hydrogen-bond acceptors (Lipinski definition) is 7. The molecule has 3 aromatic rings. The van der Waals surface area contributed by atoms with Crippen LogP contribution in [-0.4, -0.2) is 52.0 Å². The Morgan fingerprint density at radius 3 is 2.89 bits per heavy atom. The summed E-state index contributed by atoms with van der Waals surface area (Å²) in [6, 6.07) is 7.73. The molecular formula is C19H20N6O2. The highest BCUT2D eigenvalue weighted by molar-refractivity contribution is 5.85. The summed E-state index contributed by atoms with van der Waals surface area (Å²) < 4.78 is 7.00. The maximum Gasteiger partial charge on any atom is 0.137 e. The van der Waals surface area contributed by atoms with Crippen molar-refractivity contribution in [3.05, 3.63) is 42.4 Å². The number of rotatable bonds is 3. The maximum absolute atomic E-state index is 10.0. The Morgan fingerprint density at radius 2 is 2.22 bits per heavy atom. The molecule has 1 aliphatic heterocycles. The van der Waals surface area contributed by atoms with Crippen molar-refractivity contribution in [3.8, 4) is 22.9 Å². The molecule has 0 radical (unpaired) electrons. The number of nitrogens with zero attached hydrogens (tertiary/aromatic N) is 5. The topological polar surface area (TPSA) is 113 Å². The zero-order valence-corrected chi connectivity index (χ0v) is 14.9. The molecule has 3 N–H and O–H groups in total. The van der Waals surface area contributed by atoms with Crippen molar-refractivity contribution >= 4 is 11.3 Å². The van der Waals surface area contributed by atoms with E-state index in [1.54, 1.807) is 30.2 Å². The Labute approximate surface area is 156 Å². The van der Waals surface area contributed by atoms with Gasteiger partial charge in [-0.1, -0.05) is 0 Å². The summed E-state index contributed by atoms with van der Waals surface area (Å²) in [5.74, 6) is 1.43. The molecular weight excluding hydrogens is 344 g/mol. The third kappa shape index (κ3) is 3.07. The Balaban J connectivity index is 1.72. The molecule has 2 atom stereocenters. The lowest BCUT2D eigenvalue weighted by molar-refractivity contribution is 0.131. The minimum absolute atomic E-state index is 0.183. The molecule has 0 bridgehead atoms. The number of anilines is 1. The second-order valence-corrected chi connectivity index (χ2v) is 6.63. The Bertz CT molecular complexity index is 1010. The second kappa shape index (κ2) is 6.87. The fourth-order valence-corrected chi connectivity index (χ4v) is 3.40. The van der Waals surface area contributed by atoms with Gasteiger partial charge in [-0.15, -0.1) is 0 Å². The molecule has 138 valence electrons. The number of pyridine rings is 2. The SMILES string of the molecule is COc1cc(-c2ccc(N3CC[C@H](N)[C@@H](O)C3)nc2)c2c(C#N)cnn2c1. The number of methoxy groups -OCH3 is 1. The van der Waals surface area contributed by atoms with Crippen LogP contribution < -0.4 is 15.4 Å². The van der Waals surface area contributed by atoms with E-state index in [0.29, 0.717) is 23.4 Å². The average Bonchev–Trinajstić information content (AvgIpc) is 3.12. The summed E-state index contributed by atoms with van der Waals surface area (Å²) in [5.41, 5.74) is 8.76. The van der Waals surface area contributed by atoms with Crippen LogP contribution in [0.4, 0.5) is 5.82 Å². The second-order valence-electron chi connectivity index (χ2n) is 6.63. The van der Waals surface area contributed by atoms with Gasteiger partial charge < -0.3 is 20.5 Å². The van der Waals surface area contributed by atoms with Crippen LogP contribution in [0, 0.1) is 11.3 Å². The van der Waals surface area contributed by atoms with Crippen molar-refractivity contribution in [3.63, 3.8) is 0 Å². The number of aliphatic hydroxyl groups excluding tert-OH is 1. The minimum atomic E-state index is -0.553. The molecule has 0 unspecified atom stereocenters. The van der Waals surface area contributed by atoms with E-state index in [4.69, 9.17) is 10.5 Å². The molecule has 8 heteroatoms. The Morgan fingerprint density at radius 1 is 1.37 bits per heavy atom. The summed E-state index contributed by atoms with van der Waals surface area (Å²) in [6.07, 6.45) is 5.21. The van der Waals surface area contributed by atoms with E-state index in [1.165, 1.54) is 0 Å². The van der Waals surface area contributed by atoms with Crippen LogP contribution in [0.25, 0.3) is 16.6 Å². The van der Waals surface area contributed by atoms with Gasteiger partial charge in [0.05, 0.1) is 36.7 Å². The normalized spacial score (nSPS) is 19.9. The van der Waals surface area contributed by atoms with E-state index < -0.39 is 6.10 Å². The smallest absolute Gasteiger partial charge is 0.137 e. The van der Waals surface area contributed by atoms with Gasteiger partial charge in [-0.05, 0) is 24.6 Å². The van der Waals surface area contributed by atoms with Crippen LogP contribution in [0.2, 0.25) is 0 Å². The lowest BCUT2D eigenvalue weighted by Crippen LogP contribution is -2.50. The van der Waals surface area contributed by atoms with Gasteiger partial charge in [-0.25, -0.2) is 9.50 Å². The molecule has 4 heterocycles. The largest absolute Gasteiger partial charge is 0.495 e. The first-order valence-corrected chi connectivity index (χ1v) is 8.71. The van der Waals surface area contributed by atoms with Crippen LogP contribution in [0.1, 0.15) is 12.0 Å². The van der Waals surface area contributed by atoms with E-state index in [1.807, 2.05) is 23.1 Å². The van der Waals surface area contributed by atoms with Crippen molar-refractivity contribution in [1.29, 1.82) is 5.26 Å². The van der Waals surface area contributed by atoms with E-state index in [0.717, 1.165) is 29.9 Å². The number of aliphatic hydroxyl groups is 1. The summed E-state index contributed by atoms with van der Waals surface area (Å²) in [5, 5.41) is 23.6. The average molecular weight is 364 g/mol. The summed E-state index contributed by atoms with van der Waals surface area (Å²) in [6.45, 7) is 1.23. The molecule has 0 aromatic carbocycles. The Kier molecular flexibility index (Phi) is 4.39. The molecule has 0 aliphatic carbocycles. The van der Waals surface area contributed by atoms with Crippen LogP contribution in [0.5, 0.6) is 5.75 Å². The molecule has 0 saturated carbocycles. The van der Waals surface area contributed by atoms with Crippen LogP contribution >= 0.6 is 0 Å². The summed E-state index contributed by atoms with van der Waals surface area (Å²) in [7, 11) is 1.59. The fraction of sp³-hybridized carbons (Fsp3) is 0.316. The predicted molar refractivity (Wildman–Crippen MR) is 101 cm³/mol. The van der Waals surface area contributed by atoms with Gasteiger partial charge >= 0.3 is 0 Å². The first-order chi connectivity index (χ1) is 13.1. The lowest BCUT2D eigenvalue weighted by Gasteiger charge is -2.34. The zero-order chi connectivity index (χ0) is 19.0. The van der Waals surface area contributed by atoms with E-state index in [-0.39, 0.29) is 6.04 Å². The molecule has 8 nitrogen and oxygen atoms in total. The molecule has 0 amide bonds. The predicted octanol–water partition coefficient (Wildman–Crippen LogP) is 1.17. The molecule has 0 spiro atoms. The van der Waals surface area contributed by atoms with E-state index >= 15 is 0 Å². The number of piperidine rings is 1. The molecule has 1 saturated heterocycles.